The van der Waals surface area contributed by atoms with Gasteiger partial charge in [0.05, 0.1) is 11.6 Å². The molecule has 1 aliphatic heterocycles. The van der Waals surface area contributed by atoms with Gasteiger partial charge in [0, 0.05) is 31.1 Å². The standard InChI is InChI=1S/C15H22N4O2S2/c1-10-11(2)22-15-13(10)14(16-9-17-15)19-7-5-6-12(8-19)18(3)23(4,20)21/h9,12H,5-8H2,1-4H3. The quantitative estimate of drug-likeness (QED) is 0.845. The van der Waals surface area contributed by atoms with Crippen LogP contribution in [0.25, 0.3) is 10.2 Å². The molecule has 1 saturated heterocycles. The number of nitrogens with zero attached hydrogens (tertiary/aromatic N) is 4. The molecule has 0 N–H and O–H groups in total. The van der Waals surface area contributed by atoms with Crippen molar-refractivity contribution in [2.45, 2.75) is 32.7 Å². The Kier molecular flexibility index (Phi) is 4.33. The van der Waals surface area contributed by atoms with Crippen molar-refractivity contribution in [3.8, 4) is 0 Å². The first-order chi connectivity index (χ1) is 10.8. The minimum absolute atomic E-state index is 0.0104. The van der Waals surface area contributed by atoms with Crippen molar-refractivity contribution in [1.29, 1.82) is 0 Å². The van der Waals surface area contributed by atoms with Crippen LogP contribution in [-0.4, -0.2) is 55.1 Å². The van der Waals surface area contributed by atoms with Gasteiger partial charge in [0.1, 0.15) is 17.0 Å². The Morgan fingerprint density at radius 1 is 1.35 bits per heavy atom. The molecule has 0 spiro atoms. The van der Waals surface area contributed by atoms with E-state index in [2.05, 4.69) is 28.7 Å². The maximum Gasteiger partial charge on any atom is 0.211 e. The smallest absolute Gasteiger partial charge is 0.211 e. The van der Waals surface area contributed by atoms with Gasteiger partial charge >= 0.3 is 0 Å². The number of hydrogen-bond donors (Lipinski definition) is 0. The summed E-state index contributed by atoms with van der Waals surface area (Å²) in [5.41, 5.74) is 1.22. The van der Waals surface area contributed by atoms with E-state index in [1.165, 1.54) is 21.0 Å². The molecule has 8 heteroatoms. The van der Waals surface area contributed by atoms with E-state index in [4.69, 9.17) is 0 Å². The molecule has 6 nitrogen and oxygen atoms in total. The molecule has 1 aliphatic rings. The normalized spacial score (nSPS) is 19.7. The zero-order valence-corrected chi connectivity index (χ0v) is 15.5. The van der Waals surface area contributed by atoms with Gasteiger partial charge in [0.25, 0.3) is 0 Å². The highest BCUT2D eigenvalue weighted by molar-refractivity contribution is 7.88. The van der Waals surface area contributed by atoms with Crippen LogP contribution in [-0.2, 0) is 10.0 Å². The van der Waals surface area contributed by atoms with Crippen molar-refractivity contribution in [1.82, 2.24) is 14.3 Å². The molecule has 0 amide bonds. The van der Waals surface area contributed by atoms with Crippen molar-refractivity contribution < 1.29 is 8.42 Å². The highest BCUT2D eigenvalue weighted by atomic mass is 32.2. The van der Waals surface area contributed by atoms with Crippen molar-refractivity contribution in [3.63, 3.8) is 0 Å². The summed E-state index contributed by atoms with van der Waals surface area (Å²) >= 11 is 1.68. The minimum Gasteiger partial charge on any atom is -0.354 e. The van der Waals surface area contributed by atoms with Gasteiger partial charge in [-0.3, -0.25) is 0 Å². The number of sulfonamides is 1. The summed E-state index contributed by atoms with van der Waals surface area (Å²) in [6, 6.07) is -0.0104. The lowest BCUT2D eigenvalue weighted by Crippen LogP contribution is -2.48. The second-order valence-corrected chi connectivity index (χ2v) is 9.43. The fourth-order valence-electron chi connectivity index (χ4n) is 3.12. The molecule has 0 aliphatic carbocycles. The van der Waals surface area contributed by atoms with Crippen LogP contribution in [0.4, 0.5) is 5.82 Å². The number of likely N-dealkylation sites (N-methyl/N-ethyl adjacent to an activating group) is 1. The first-order valence-electron chi connectivity index (χ1n) is 7.67. The Morgan fingerprint density at radius 2 is 2.09 bits per heavy atom. The van der Waals surface area contributed by atoms with E-state index in [-0.39, 0.29) is 6.04 Å². The molecule has 0 aromatic carbocycles. The number of anilines is 1. The summed E-state index contributed by atoms with van der Waals surface area (Å²) in [5, 5.41) is 1.11. The van der Waals surface area contributed by atoms with E-state index >= 15 is 0 Å². The third-order valence-electron chi connectivity index (χ3n) is 4.68. The van der Waals surface area contributed by atoms with Gasteiger partial charge in [-0.25, -0.2) is 22.7 Å². The Morgan fingerprint density at radius 3 is 2.78 bits per heavy atom. The van der Waals surface area contributed by atoms with Gasteiger partial charge in [-0.1, -0.05) is 0 Å². The number of rotatable bonds is 3. The highest BCUT2D eigenvalue weighted by Gasteiger charge is 2.29. The first-order valence-corrected chi connectivity index (χ1v) is 10.3. The number of aryl methyl sites for hydroxylation is 2. The number of aromatic nitrogens is 2. The minimum atomic E-state index is -3.18. The van der Waals surface area contributed by atoms with Gasteiger partial charge in [-0.15, -0.1) is 11.3 Å². The zero-order chi connectivity index (χ0) is 16.8. The maximum absolute atomic E-state index is 11.8. The predicted molar refractivity (Wildman–Crippen MR) is 94.7 cm³/mol. The number of thiophene rings is 1. The molecular weight excluding hydrogens is 332 g/mol. The first kappa shape index (κ1) is 16.6. The van der Waals surface area contributed by atoms with Gasteiger partial charge in [0.15, 0.2) is 0 Å². The molecule has 1 atom stereocenters. The van der Waals surface area contributed by atoms with Crippen LogP contribution in [0.5, 0.6) is 0 Å². The van der Waals surface area contributed by atoms with E-state index in [1.54, 1.807) is 24.7 Å². The summed E-state index contributed by atoms with van der Waals surface area (Å²) in [4.78, 5) is 13.4. The van der Waals surface area contributed by atoms with Crippen molar-refractivity contribution >= 4 is 37.4 Å². The van der Waals surface area contributed by atoms with E-state index < -0.39 is 10.0 Å². The third kappa shape index (κ3) is 3.07. The molecule has 2 aromatic rings. The average molecular weight is 355 g/mol. The lowest BCUT2D eigenvalue weighted by Gasteiger charge is -2.37. The highest BCUT2D eigenvalue weighted by Crippen LogP contribution is 2.35. The molecular formula is C15H22N4O2S2. The molecule has 3 rings (SSSR count). The van der Waals surface area contributed by atoms with E-state index in [1.807, 2.05) is 0 Å². The molecule has 1 unspecified atom stereocenters. The lowest BCUT2D eigenvalue weighted by atomic mass is 10.1. The number of fused-ring (bicyclic) bond motifs is 1. The van der Waals surface area contributed by atoms with E-state index in [9.17, 15) is 8.42 Å². The van der Waals surface area contributed by atoms with Gasteiger partial charge in [0.2, 0.25) is 10.0 Å². The number of hydrogen-bond acceptors (Lipinski definition) is 6. The Bertz CT molecular complexity index is 831. The second kappa shape index (κ2) is 5.99. The summed E-state index contributed by atoms with van der Waals surface area (Å²) < 4.78 is 25.1. The average Bonchev–Trinajstić information content (AvgIpc) is 2.81. The molecule has 1 fully saturated rings. The fourth-order valence-corrected chi connectivity index (χ4v) is 4.82. The van der Waals surface area contributed by atoms with Crippen LogP contribution in [0.15, 0.2) is 6.33 Å². The lowest BCUT2D eigenvalue weighted by molar-refractivity contribution is 0.321. The topological polar surface area (TPSA) is 66.4 Å². The van der Waals surface area contributed by atoms with Crippen molar-refractivity contribution in [2.24, 2.45) is 0 Å². The molecule has 23 heavy (non-hydrogen) atoms. The zero-order valence-electron chi connectivity index (χ0n) is 13.9. The van der Waals surface area contributed by atoms with E-state index in [0.717, 1.165) is 35.4 Å². The van der Waals surface area contributed by atoms with Crippen molar-refractivity contribution in [2.75, 3.05) is 31.3 Å². The van der Waals surface area contributed by atoms with Crippen LogP contribution < -0.4 is 4.90 Å². The molecule has 0 saturated carbocycles. The molecule has 0 radical (unpaired) electrons. The van der Waals surface area contributed by atoms with Crippen LogP contribution >= 0.6 is 11.3 Å². The summed E-state index contributed by atoms with van der Waals surface area (Å²) in [5.74, 6) is 0.934. The Hall–Kier alpha value is -1.25. The van der Waals surface area contributed by atoms with Crippen molar-refractivity contribution in [3.05, 3.63) is 16.8 Å². The SMILES string of the molecule is Cc1sc2ncnc(N3CCCC(N(C)S(C)(=O)=O)C3)c2c1C. The summed E-state index contributed by atoms with van der Waals surface area (Å²) in [6.07, 6.45) is 4.71. The van der Waals surface area contributed by atoms with Gasteiger partial charge in [-0.2, -0.15) is 0 Å². The molecule has 0 bridgehead atoms. The maximum atomic E-state index is 11.8. The summed E-state index contributed by atoms with van der Waals surface area (Å²) in [7, 11) is -1.51. The van der Waals surface area contributed by atoms with Crippen LogP contribution in [0.3, 0.4) is 0 Å². The molecule has 126 valence electrons. The van der Waals surface area contributed by atoms with E-state index in [0.29, 0.717) is 6.54 Å². The monoisotopic (exact) mass is 354 g/mol. The third-order valence-corrected chi connectivity index (χ3v) is 7.14. The predicted octanol–water partition coefficient (Wildman–Crippen LogP) is 2.17. The van der Waals surface area contributed by atoms with Gasteiger partial charge < -0.3 is 4.90 Å². The largest absolute Gasteiger partial charge is 0.354 e. The van der Waals surface area contributed by atoms with Crippen LogP contribution in [0.1, 0.15) is 23.3 Å². The molecule has 3 heterocycles. The van der Waals surface area contributed by atoms with Gasteiger partial charge in [-0.05, 0) is 32.3 Å². The fraction of sp³-hybridized carbons (Fsp3) is 0.600. The van der Waals surface area contributed by atoms with Crippen LogP contribution in [0, 0.1) is 13.8 Å². The second-order valence-electron chi connectivity index (χ2n) is 6.18. The Balaban J connectivity index is 1.96. The Labute approximate surface area is 141 Å². The number of piperidine rings is 1. The molecule has 2 aromatic heterocycles. The van der Waals surface area contributed by atoms with Crippen LogP contribution in [0.2, 0.25) is 0 Å². The summed E-state index contributed by atoms with van der Waals surface area (Å²) in [6.45, 7) is 5.77.